The molecule has 0 aliphatic carbocycles. The molecule has 1 unspecified atom stereocenters. The summed E-state index contributed by atoms with van der Waals surface area (Å²) >= 11 is 0. The van der Waals surface area contributed by atoms with Crippen LogP contribution < -0.4 is 5.32 Å². The van der Waals surface area contributed by atoms with Crippen LogP contribution in [-0.2, 0) is 0 Å². The van der Waals surface area contributed by atoms with Gasteiger partial charge in [0, 0.05) is 18.0 Å². The van der Waals surface area contributed by atoms with Crippen molar-refractivity contribution in [3.8, 4) is 12.3 Å². The molecule has 0 amide bonds. The van der Waals surface area contributed by atoms with Gasteiger partial charge in [0.15, 0.2) is 0 Å². The largest absolute Gasteiger partial charge is 0.315 e. The Morgan fingerprint density at radius 1 is 1.31 bits per heavy atom. The van der Waals surface area contributed by atoms with Gasteiger partial charge in [-0.05, 0) is 46.8 Å². The van der Waals surface area contributed by atoms with Crippen molar-refractivity contribution in [2.75, 3.05) is 21.1 Å². The molecule has 0 aromatic carbocycles. The lowest BCUT2D eigenvalue weighted by molar-refractivity contribution is 0.0869. The van der Waals surface area contributed by atoms with E-state index in [-0.39, 0.29) is 5.54 Å². The molecule has 1 N–H and O–H groups in total. The molecule has 16 heavy (non-hydrogen) atoms. The molecule has 0 bridgehead atoms. The molecule has 2 nitrogen and oxygen atoms in total. The maximum absolute atomic E-state index is 5.31. The topological polar surface area (TPSA) is 15.3 Å². The Kier molecular flexibility index (Phi) is 7.45. The van der Waals surface area contributed by atoms with Crippen molar-refractivity contribution >= 4 is 0 Å². The SMILES string of the molecule is C#CCCCC(NC)C(CC)(CC)N(C)C. The molecule has 2 heteroatoms. The summed E-state index contributed by atoms with van der Waals surface area (Å²) in [7, 11) is 6.42. The fourth-order valence-corrected chi connectivity index (χ4v) is 2.78. The summed E-state index contributed by atoms with van der Waals surface area (Å²) in [5, 5.41) is 3.47. The molecule has 0 aromatic heterocycles. The van der Waals surface area contributed by atoms with Gasteiger partial charge in [0.25, 0.3) is 0 Å². The molecule has 0 saturated carbocycles. The van der Waals surface area contributed by atoms with Crippen molar-refractivity contribution in [3.63, 3.8) is 0 Å². The summed E-state index contributed by atoms with van der Waals surface area (Å²) in [4.78, 5) is 2.37. The zero-order valence-electron chi connectivity index (χ0n) is 11.6. The molecular weight excluding hydrogens is 196 g/mol. The Morgan fingerprint density at radius 3 is 2.19 bits per heavy atom. The highest BCUT2D eigenvalue weighted by molar-refractivity contribution is 4.97. The van der Waals surface area contributed by atoms with E-state index in [0.29, 0.717) is 6.04 Å². The second-order valence-corrected chi connectivity index (χ2v) is 4.64. The van der Waals surface area contributed by atoms with E-state index in [1.54, 1.807) is 0 Å². The van der Waals surface area contributed by atoms with Crippen LogP contribution >= 0.6 is 0 Å². The number of hydrogen-bond donors (Lipinski definition) is 1. The lowest BCUT2D eigenvalue weighted by Crippen LogP contribution is -2.57. The molecule has 0 saturated heterocycles. The molecule has 94 valence electrons. The summed E-state index contributed by atoms with van der Waals surface area (Å²) in [6, 6.07) is 0.519. The maximum atomic E-state index is 5.31. The van der Waals surface area contributed by atoms with Gasteiger partial charge >= 0.3 is 0 Å². The first-order valence-electron chi connectivity index (χ1n) is 6.37. The van der Waals surface area contributed by atoms with E-state index in [2.05, 4.69) is 51.1 Å². The Hall–Kier alpha value is -0.520. The average Bonchev–Trinajstić information content (AvgIpc) is 2.28. The fraction of sp³-hybridized carbons (Fsp3) is 0.857. The third-order valence-electron chi connectivity index (χ3n) is 3.93. The lowest BCUT2D eigenvalue weighted by atomic mass is 9.81. The van der Waals surface area contributed by atoms with E-state index < -0.39 is 0 Å². The molecule has 0 aliphatic rings. The molecular formula is C14H28N2. The summed E-state index contributed by atoms with van der Waals surface area (Å²) in [6.45, 7) is 4.55. The van der Waals surface area contributed by atoms with Gasteiger partial charge in [0.1, 0.15) is 0 Å². The molecule has 0 heterocycles. The minimum Gasteiger partial charge on any atom is -0.315 e. The van der Waals surface area contributed by atoms with Crippen LogP contribution in [0, 0.1) is 12.3 Å². The number of terminal acetylenes is 1. The van der Waals surface area contributed by atoms with E-state index in [1.165, 1.54) is 0 Å². The first kappa shape index (κ1) is 15.5. The van der Waals surface area contributed by atoms with Gasteiger partial charge in [-0.2, -0.15) is 0 Å². The zero-order chi connectivity index (χ0) is 12.6. The quantitative estimate of drug-likeness (QED) is 0.503. The number of likely N-dealkylation sites (N-methyl/N-ethyl adjacent to an activating group) is 2. The number of hydrogen-bond acceptors (Lipinski definition) is 2. The predicted octanol–water partition coefficient (Wildman–Crippen LogP) is 2.50. The molecule has 0 spiro atoms. The summed E-state index contributed by atoms with van der Waals surface area (Å²) in [6.07, 6.45) is 10.8. The molecule has 1 atom stereocenters. The summed E-state index contributed by atoms with van der Waals surface area (Å²) in [5.74, 6) is 2.72. The highest BCUT2D eigenvalue weighted by atomic mass is 15.2. The molecule has 0 aliphatic heterocycles. The zero-order valence-corrected chi connectivity index (χ0v) is 11.6. The second-order valence-electron chi connectivity index (χ2n) is 4.64. The van der Waals surface area contributed by atoms with Crippen LogP contribution in [0.1, 0.15) is 46.0 Å². The molecule has 0 radical (unpaired) electrons. The minimum atomic E-state index is 0.253. The van der Waals surface area contributed by atoms with Crippen molar-refractivity contribution in [1.29, 1.82) is 0 Å². The third-order valence-corrected chi connectivity index (χ3v) is 3.93. The van der Waals surface area contributed by atoms with Gasteiger partial charge in [-0.15, -0.1) is 12.3 Å². The highest BCUT2D eigenvalue weighted by Crippen LogP contribution is 2.28. The summed E-state index contributed by atoms with van der Waals surface area (Å²) < 4.78 is 0. The van der Waals surface area contributed by atoms with Crippen molar-refractivity contribution < 1.29 is 0 Å². The van der Waals surface area contributed by atoms with Gasteiger partial charge in [0.05, 0.1) is 0 Å². The monoisotopic (exact) mass is 224 g/mol. The highest BCUT2D eigenvalue weighted by Gasteiger charge is 2.36. The van der Waals surface area contributed by atoms with E-state index in [9.17, 15) is 0 Å². The fourth-order valence-electron chi connectivity index (χ4n) is 2.78. The van der Waals surface area contributed by atoms with Gasteiger partial charge in [-0.3, -0.25) is 0 Å². The van der Waals surface area contributed by atoms with Crippen LogP contribution in [0.15, 0.2) is 0 Å². The summed E-state index contributed by atoms with van der Waals surface area (Å²) in [5.41, 5.74) is 0.253. The van der Waals surface area contributed by atoms with E-state index in [0.717, 1.165) is 32.1 Å². The standard InChI is InChI=1S/C14H28N2/c1-7-10-11-12-13(15-4)14(8-2,9-3)16(5)6/h1,13,15H,8-12H2,2-6H3. The van der Waals surface area contributed by atoms with Crippen molar-refractivity contribution in [2.45, 2.75) is 57.5 Å². The van der Waals surface area contributed by atoms with Crippen LogP contribution in [0.3, 0.4) is 0 Å². The van der Waals surface area contributed by atoms with Crippen LogP contribution in [0.25, 0.3) is 0 Å². The first-order chi connectivity index (χ1) is 7.58. The van der Waals surface area contributed by atoms with Crippen LogP contribution in [-0.4, -0.2) is 37.6 Å². The Balaban J connectivity index is 4.65. The predicted molar refractivity (Wildman–Crippen MR) is 72.5 cm³/mol. The minimum absolute atomic E-state index is 0.253. The second kappa shape index (κ2) is 7.70. The molecule has 0 fully saturated rings. The number of nitrogens with zero attached hydrogens (tertiary/aromatic N) is 1. The van der Waals surface area contributed by atoms with Crippen molar-refractivity contribution in [2.24, 2.45) is 0 Å². The van der Waals surface area contributed by atoms with Gasteiger partial charge in [0.2, 0.25) is 0 Å². The van der Waals surface area contributed by atoms with E-state index in [1.807, 2.05) is 0 Å². The number of nitrogens with one attached hydrogen (secondary N) is 1. The van der Waals surface area contributed by atoms with Gasteiger partial charge in [-0.1, -0.05) is 13.8 Å². The molecule has 0 rings (SSSR count). The smallest absolute Gasteiger partial charge is 0.0351 e. The van der Waals surface area contributed by atoms with E-state index >= 15 is 0 Å². The van der Waals surface area contributed by atoms with Crippen LogP contribution in [0.5, 0.6) is 0 Å². The molecule has 0 aromatic rings. The Labute approximate surface area is 102 Å². The third kappa shape index (κ3) is 3.50. The van der Waals surface area contributed by atoms with Gasteiger partial charge in [-0.25, -0.2) is 0 Å². The first-order valence-corrected chi connectivity index (χ1v) is 6.37. The van der Waals surface area contributed by atoms with E-state index in [4.69, 9.17) is 6.42 Å². The Bertz CT molecular complexity index is 211. The average molecular weight is 224 g/mol. The number of unbranched alkanes of at least 4 members (excludes halogenated alkanes) is 1. The Morgan fingerprint density at radius 2 is 1.88 bits per heavy atom. The number of rotatable bonds is 8. The van der Waals surface area contributed by atoms with Crippen LogP contribution in [0.2, 0.25) is 0 Å². The van der Waals surface area contributed by atoms with Crippen LogP contribution in [0.4, 0.5) is 0 Å². The van der Waals surface area contributed by atoms with Crippen molar-refractivity contribution in [3.05, 3.63) is 0 Å². The van der Waals surface area contributed by atoms with Gasteiger partial charge < -0.3 is 10.2 Å². The van der Waals surface area contributed by atoms with Crippen molar-refractivity contribution in [1.82, 2.24) is 10.2 Å². The normalized spacial score (nSPS) is 13.8. The maximum Gasteiger partial charge on any atom is 0.0351 e. The lowest BCUT2D eigenvalue weighted by Gasteiger charge is -2.45.